The Labute approximate surface area is 100 Å². The van der Waals surface area contributed by atoms with Gasteiger partial charge in [0.1, 0.15) is 4.60 Å². The molecule has 15 heavy (non-hydrogen) atoms. The molecule has 0 unspecified atom stereocenters. The second-order valence-electron chi connectivity index (χ2n) is 3.99. The molecule has 0 saturated carbocycles. The van der Waals surface area contributed by atoms with Gasteiger partial charge in [0.2, 0.25) is 0 Å². The van der Waals surface area contributed by atoms with Gasteiger partial charge in [-0.15, -0.1) is 0 Å². The van der Waals surface area contributed by atoms with Crippen molar-refractivity contribution in [3.63, 3.8) is 0 Å². The zero-order valence-electron chi connectivity index (χ0n) is 9.57. The van der Waals surface area contributed by atoms with Crippen molar-refractivity contribution < 1.29 is 0 Å². The van der Waals surface area contributed by atoms with E-state index in [9.17, 15) is 0 Å². The Hall–Kier alpha value is -0.450. The third-order valence-corrected chi connectivity index (χ3v) is 2.58. The molecule has 0 aliphatic heterocycles. The summed E-state index contributed by atoms with van der Waals surface area (Å²) >= 11 is 3.38. The van der Waals surface area contributed by atoms with Crippen molar-refractivity contribution in [2.24, 2.45) is 0 Å². The highest BCUT2D eigenvalue weighted by Gasteiger charge is 2.02. The molecule has 84 valence electrons. The van der Waals surface area contributed by atoms with Crippen molar-refractivity contribution in [3.05, 3.63) is 28.5 Å². The minimum Gasteiger partial charge on any atom is -0.308 e. The molecule has 1 heterocycles. The van der Waals surface area contributed by atoms with Gasteiger partial charge in [0.25, 0.3) is 0 Å². The van der Waals surface area contributed by atoms with Crippen LogP contribution in [0.4, 0.5) is 0 Å². The van der Waals surface area contributed by atoms with E-state index in [-0.39, 0.29) is 0 Å². The second kappa shape index (κ2) is 6.20. The summed E-state index contributed by atoms with van der Waals surface area (Å²) in [4.78, 5) is 8.86. The number of halogens is 1. The summed E-state index contributed by atoms with van der Waals surface area (Å²) in [5.74, 6) is 0. The van der Waals surface area contributed by atoms with Crippen LogP contribution in [0.2, 0.25) is 0 Å². The molecule has 0 bridgehead atoms. The zero-order valence-corrected chi connectivity index (χ0v) is 11.2. The Bertz CT molecular complexity index is 302. The molecule has 0 saturated heterocycles. The summed E-state index contributed by atoms with van der Waals surface area (Å²) in [5.41, 5.74) is 1.10. The second-order valence-corrected chi connectivity index (χ2v) is 4.81. The van der Waals surface area contributed by atoms with Crippen LogP contribution in [0.15, 0.2) is 22.8 Å². The summed E-state index contributed by atoms with van der Waals surface area (Å²) in [7, 11) is 6.29. The lowest BCUT2D eigenvalue weighted by Gasteiger charge is -2.18. The van der Waals surface area contributed by atoms with Crippen LogP contribution in [0.5, 0.6) is 0 Å². The quantitative estimate of drug-likeness (QED) is 0.762. The van der Waals surface area contributed by atoms with Crippen LogP contribution in [0.1, 0.15) is 5.69 Å². The standard InChI is InChI=1S/C11H18BrN3/c1-14(2)7-8-15(3)9-10-5-4-6-11(12)13-10/h4-6H,7-9H2,1-3H3. The van der Waals surface area contributed by atoms with E-state index in [4.69, 9.17) is 0 Å². The summed E-state index contributed by atoms with van der Waals surface area (Å²) < 4.78 is 0.904. The van der Waals surface area contributed by atoms with Crippen molar-refractivity contribution in [3.8, 4) is 0 Å². The molecule has 0 atom stereocenters. The highest BCUT2D eigenvalue weighted by molar-refractivity contribution is 9.10. The monoisotopic (exact) mass is 271 g/mol. The van der Waals surface area contributed by atoms with E-state index in [0.717, 1.165) is 29.9 Å². The summed E-state index contributed by atoms with van der Waals surface area (Å²) in [6.07, 6.45) is 0. The third kappa shape index (κ3) is 5.25. The van der Waals surface area contributed by atoms with Crippen LogP contribution in [0.3, 0.4) is 0 Å². The first-order valence-electron chi connectivity index (χ1n) is 5.02. The normalized spacial score (nSPS) is 11.3. The maximum Gasteiger partial charge on any atom is 0.106 e. The Balaban J connectivity index is 2.40. The number of aromatic nitrogens is 1. The van der Waals surface area contributed by atoms with Gasteiger partial charge < -0.3 is 4.90 Å². The van der Waals surface area contributed by atoms with Gasteiger partial charge in [0, 0.05) is 19.6 Å². The maximum atomic E-state index is 4.40. The van der Waals surface area contributed by atoms with Gasteiger partial charge in [-0.1, -0.05) is 6.07 Å². The van der Waals surface area contributed by atoms with E-state index in [1.165, 1.54) is 0 Å². The molecular weight excluding hydrogens is 254 g/mol. The van der Waals surface area contributed by atoms with E-state index >= 15 is 0 Å². The van der Waals surface area contributed by atoms with Gasteiger partial charge in [0.05, 0.1) is 5.69 Å². The number of likely N-dealkylation sites (N-methyl/N-ethyl adjacent to an activating group) is 2. The number of hydrogen-bond acceptors (Lipinski definition) is 3. The van der Waals surface area contributed by atoms with Crippen LogP contribution in [0.25, 0.3) is 0 Å². The van der Waals surface area contributed by atoms with E-state index in [0.29, 0.717) is 0 Å². The van der Waals surface area contributed by atoms with Gasteiger partial charge >= 0.3 is 0 Å². The fourth-order valence-electron chi connectivity index (χ4n) is 1.26. The van der Waals surface area contributed by atoms with Crippen molar-refractivity contribution in [2.45, 2.75) is 6.54 Å². The van der Waals surface area contributed by atoms with Gasteiger partial charge in [-0.3, -0.25) is 4.90 Å². The maximum absolute atomic E-state index is 4.40. The Morgan fingerprint density at radius 1 is 1.20 bits per heavy atom. The first kappa shape index (κ1) is 12.6. The van der Waals surface area contributed by atoms with Crippen LogP contribution in [-0.4, -0.2) is 49.0 Å². The van der Waals surface area contributed by atoms with Crippen LogP contribution < -0.4 is 0 Å². The lowest BCUT2D eigenvalue weighted by Crippen LogP contribution is -2.28. The molecule has 0 amide bonds. The molecule has 1 aromatic heterocycles. The minimum atomic E-state index is 0.896. The van der Waals surface area contributed by atoms with Gasteiger partial charge in [-0.25, -0.2) is 4.98 Å². The molecule has 0 N–H and O–H groups in total. The summed E-state index contributed by atoms with van der Waals surface area (Å²) in [5, 5.41) is 0. The molecule has 1 rings (SSSR count). The molecule has 0 fully saturated rings. The zero-order chi connectivity index (χ0) is 11.3. The Kier molecular flexibility index (Phi) is 5.22. The number of nitrogens with zero attached hydrogens (tertiary/aromatic N) is 3. The van der Waals surface area contributed by atoms with Crippen molar-refractivity contribution in [1.29, 1.82) is 0 Å². The Morgan fingerprint density at radius 2 is 1.93 bits per heavy atom. The van der Waals surface area contributed by atoms with Crippen molar-refractivity contribution in [1.82, 2.24) is 14.8 Å². The molecule has 3 nitrogen and oxygen atoms in total. The van der Waals surface area contributed by atoms with Crippen LogP contribution in [0, 0.1) is 0 Å². The van der Waals surface area contributed by atoms with Crippen LogP contribution in [-0.2, 0) is 6.54 Å². The molecule has 0 spiro atoms. The Morgan fingerprint density at radius 3 is 2.53 bits per heavy atom. The average Bonchev–Trinajstić information content (AvgIpc) is 2.15. The molecular formula is C11H18BrN3. The topological polar surface area (TPSA) is 19.4 Å². The van der Waals surface area contributed by atoms with Gasteiger partial charge in [-0.2, -0.15) is 0 Å². The highest BCUT2D eigenvalue weighted by Crippen LogP contribution is 2.07. The average molecular weight is 272 g/mol. The van der Waals surface area contributed by atoms with E-state index in [1.807, 2.05) is 12.1 Å². The predicted octanol–water partition coefficient (Wildman–Crippen LogP) is 1.84. The molecule has 0 aliphatic carbocycles. The largest absolute Gasteiger partial charge is 0.308 e. The minimum absolute atomic E-state index is 0.896. The lowest BCUT2D eigenvalue weighted by atomic mass is 10.3. The smallest absolute Gasteiger partial charge is 0.106 e. The SMILES string of the molecule is CN(C)CCN(C)Cc1cccc(Br)n1. The first-order valence-corrected chi connectivity index (χ1v) is 5.82. The molecule has 0 aliphatic rings. The fraction of sp³-hybridized carbons (Fsp3) is 0.545. The van der Waals surface area contributed by atoms with E-state index in [1.54, 1.807) is 0 Å². The highest BCUT2D eigenvalue weighted by atomic mass is 79.9. The fourth-order valence-corrected chi connectivity index (χ4v) is 1.65. The van der Waals surface area contributed by atoms with Crippen molar-refractivity contribution >= 4 is 15.9 Å². The van der Waals surface area contributed by atoms with Gasteiger partial charge in [-0.05, 0) is 49.2 Å². The molecule has 1 aromatic rings. The van der Waals surface area contributed by atoms with Gasteiger partial charge in [0.15, 0.2) is 0 Å². The number of pyridine rings is 1. The van der Waals surface area contributed by atoms with E-state index in [2.05, 4.69) is 57.9 Å². The predicted molar refractivity (Wildman–Crippen MR) is 66.8 cm³/mol. The number of rotatable bonds is 5. The van der Waals surface area contributed by atoms with Crippen LogP contribution >= 0.6 is 15.9 Å². The lowest BCUT2D eigenvalue weighted by molar-refractivity contribution is 0.274. The van der Waals surface area contributed by atoms with E-state index < -0.39 is 0 Å². The number of hydrogen-bond donors (Lipinski definition) is 0. The van der Waals surface area contributed by atoms with Crippen molar-refractivity contribution in [2.75, 3.05) is 34.2 Å². The third-order valence-electron chi connectivity index (χ3n) is 2.13. The molecule has 0 radical (unpaired) electrons. The first-order chi connectivity index (χ1) is 7.08. The summed E-state index contributed by atoms with van der Waals surface area (Å²) in [6, 6.07) is 6.02. The molecule has 0 aromatic carbocycles. The molecule has 4 heteroatoms. The summed E-state index contributed by atoms with van der Waals surface area (Å²) in [6.45, 7) is 3.03.